The zero-order valence-electron chi connectivity index (χ0n) is 9.05. The van der Waals surface area contributed by atoms with E-state index in [0.717, 1.165) is 0 Å². The van der Waals surface area contributed by atoms with Crippen LogP contribution < -0.4 is 4.74 Å². The highest BCUT2D eigenvalue weighted by molar-refractivity contribution is 6.33. The predicted molar refractivity (Wildman–Crippen MR) is 69.0 cm³/mol. The van der Waals surface area contributed by atoms with Crippen molar-refractivity contribution in [3.63, 3.8) is 0 Å². The van der Waals surface area contributed by atoms with Crippen LogP contribution in [0.3, 0.4) is 0 Å². The van der Waals surface area contributed by atoms with Crippen molar-refractivity contribution >= 4 is 34.8 Å². The SMILES string of the molecule is COc1cc(Cl)ccc1-c1nc(Cl)c(F)c(Cl)n1. The summed E-state index contributed by atoms with van der Waals surface area (Å²) < 4.78 is 18.4. The fourth-order valence-corrected chi connectivity index (χ4v) is 1.91. The molecule has 0 amide bonds. The Bertz CT molecular complexity index is 584. The molecular weight excluding hydrogens is 301 g/mol. The van der Waals surface area contributed by atoms with Crippen LogP contribution in [-0.2, 0) is 0 Å². The molecule has 1 aromatic heterocycles. The van der Waals surface area contributed by atoms with E-state index in [2.05, 4.69) is 9.97 Å². The minimum atomic E-state index is -0.852. The molecule has 0 radical (unpaired) electrons. The lowest BCUT2D eigenvalue weighted by Gasteiger charge is -2.08. The van der Waals surface area contributed by atoms with E-state index in [1.807, 2.05) is 0 Å². The van der Waals surface area contributed by atoms with Crippen LogP contribution in [0.1, 0.15) is 0 Å². The van der Waals surface area contributed by atoms with E-state index in [9.17, 15) is 4.39 Å². The Hall–Kier alpha value is -1.10. The molecule has 1 heterocycles. The Morgan fingerprint density at radius 3 is 2.28 bits per heavy atom. The molecule has 2 rings (SSSR count). The van der Waals surface area contributed by atoms with Gasteiger partial charge >= 0.3 is 0 Å². The second kappa shape index (κ2) is 5.26. The monoisotopic (exact) mass is 306 g/mol. The molecule has 94 valence electrons. The standard InChI is InChI=1S/C11H6Cl3FN2O/c1-18-7-4-5(12)2-3-6(7)11-16-9(13)8(15)10(14)17-11/h2-4H,1H3. The zero-order valence-corrected chi connectivity index (χ0v) is 11.3. The maximum atomic E-state index is 13.2. The average Bonchev–Trinajstić information content (AvgIpc) is 2.35. The fourth-order valence-electron chi connectivity index (χ4n) is 1.36. The number of rotatable bonds is 2. The van der Waals surface area contributed by atoms with Crippen LogP contribution in [0.15, 0.2) is 18.2 Å². The topological polar surface area (TPSA) is 35.0 Å². The lowest BCUT2D eigenvalue weighted by Crippen LogP contribution is -1.97. The highest BCUT2D eigenvalue weighted by Gasteiger charge is 2.15. The summed E-state index contributed by atoms with van der Waals surface area (Å²) in [6, 6.07) is 4.86. The molecule has 0 unspecified atom stereocenters. The highest BCUT2D eigenvalue weighted by atomic mass is 35.5. The van der Waals surface area contributed by atoms with Crippen molar-refractivity contribution < 1.29 is 9.13 Å². The maximum absolute atomic E-state index is 13.2. The molecule has 0 aliphatic carbocycles. The molecular formula is C11H6Cl3FN2O. The first-order valence-corrected chi connectivity index (χ1v) is 5.88. The van der Waals surface area contributed by atoms with Gasteiger partial charge in [-0.2, -0.15) is 0 Å². The molecule has 18 heavy (non-hydrogen) atoms. The summed E-state index contributed by atoms with van der Waals surface area (Å²) >= 11 is 17.1. The summed E-state index contributed by atoms with van der Waals surface area (Å²) in [5.74, 6) is -0.240. The van der Waals surface area contributed by atoms with Gasteiger partial charge in [0.05, 0.1) is 12.7 Å². The van der Waals surface area contributed by atoms with Crippen LogP contribution in [0.2, 0.25) is 15.3 Å². The van der Waals surface area contributed by atoms with E-state index >= 15 is 0 Å². The first-order chi connectivity index (χ1) is 8.52. The second-order valence-electron chi connectivity index (χ2n) is 3.29. The summed E-state index contributed by atoms with van der Waals surface area (Å²) in [5.41, 5.74) is 0.519. The van der Waals surface area contributed by atoms with Gasteiger partial charge in [0, 0.05) is 5.02 Å². The number of halogens is 4. The Morgan fingerprint density at radius 2 is 1.72 bits per heavy atom. The van der Waals surface area contributed by atoms with E-state index in [4.69, 9.17) is 39.5 Å². The van der Waals surface area contributed by atoms with Gasteiger partial charge in [-0.1, -0.05) is 34.8 Å². The van der Waals surface area contributed by atoms with Crippen LogP contribution in [0.4, 0.5) is 4.39 Å². The van der Waals surface area contributed by atoms with Crippen molar-refractivity contribution in [1.82, 2.24) is 9.97 Å². The minimum Gasteiger partial charge on any atom is -0.496 e. The highest BCUT2D eigenvalue weighted by Crippen LogP contribution is 2.32. The summed E-state index contributed by atoms with van der Waals surface area (Å²) in [5, 5.41) is -0.195. The molecule has 0 saturated heterocycles. The molecule has 3 nitrogen and oxygen atoms in total. The predicted octanol–water partition coefficient (Wildman–Crippen LogP) is 4.25. The lowest BCUT2D eigenvalue weighted by molar-refractivity contribution is 0.416. The van der Waals surface area contributed by atoms with Gasteiger partial charge in [0.25, 0.3) is 0 Å². The first kappa shape index (κ1) is 13.3. The van der Waals surface area contributed by atoms with E-state index in [0.29, 0.717) is 16.3 Å². The summed E-state index contributed by atoms with van der Waals surface area (Å²) in [6.45, 7) is 0. The third-order valence-corrected chi connectivity index (χ3v) is 2.91. The lowest BCUT2D eigenvalue weighted by atomic mass is 10.2. The number of hydrogen-bond donors (Lipinski definition) is 0. The molecule has 1 aromatic carbocycles. The molecule has 0 spiro atoms. The summed E-state index contributed by atoms with van der Waals surface area (Å²) in [7, 11) is 1.47. The Kier molecular flexibility index (Phi) is 3.90. The van der Waals surface area contributed by atoms with Crippen LogP contribution in [-0.4, -0.2) is 17.1 Å². The van der Waals surface area contributed by atoms with Gasteiger partial charge in [-0.25, -0.2) is 14.4 Å². The maximum Gasteiger partial charge on any atom is 0.197 e. The van der Waals surface area contributed by atoms with Gasteiger partial charge in [0.1, 0.15) is 5.75 Å². The Morgan fingerprint density at radius 1 is 1.11 bits per heavy atom. The van der Waals surface area contributed by atoms with Crippen LogP contribution in [0, 0.1) is 5.82 Å². The van der Waals surface area contributed by atoms with E-state index in [-0.39, 0.29) is 16.1 Å². The number of methoxy groups -OCH3 is 1. The van der Waals surface area contributed by atoms with E-state index in [1.54, 1.807) is 18.2 Å². The molecule has 0 atom stereocenters. The molecule has 7 heteroatoms. The number of ether oxygens (including phenoxy) is 1. The van der Waals surface area contributed by atoms with Crippen LogP contribution in [0.5, 0.6) is 5.75 Å². The van der Waals surface area contributed by atoms with E-state index in [1.165, 1.54) is 7.11 Å². The minimum absolute atomic E-state index is 0.167. The first-order valence-electron chi connectivity index (χ1n) is 4.75. The number of aromatic nitrogens is 2. The normalized spacial score (nSPS) is 10.5. The Balaban J connectivity index is 2.62. The smallest absolute Gasteiger partial charge is 0.197 e. The number of nitrogens with zero attached hydrogens (tertiary/aromatic N) is 2. The third kappa shape index (κ3) is 2.51. The quantitative estimate of drug-likeness (QED) is 0.778. The third-order valence-electron chi connectivity index (χ3n) is 2.17. The molecule has 0 bridgehead atoms. The second-order valence-corrected chi connectivity index (χ2v) is 4.44. The molecule has 0 N–H and O–H groups in total. The van der Waals surface area contributed by atoms with Crippen molar-refractivity contribution in [2.75, 3.05) is 7.11 Å². The molecule has 0 saturated carbocycles. The Labute approximate surface area is 117 Å². The van der Waals surface area contributed by atoms with Gasteiger partial charge in [0.2, 0.25) is 0 Å². The summed E-state index contributed by atoms with van der Waals surface area (Å²) in [6.07, 6.45) is 0. The van der Waals surface area contributed by atoms with Crippen molar-refractivity contribution in [2.45, 2.75) is 0 Å². The largest absolute Gasteiger partial charge is 0.496 e. The van der Waals surface area contributed by atoms with Gasteiger partial charge in [-0.15, -0.1) is 0 Å². The molecule has 2 aromatic rings. The number of benzene rings is 1. The van der Waals surface area contributed by atoms with Crippen LogP contribution in [0.25, 0.3) is 11.4 Å². The molecule has 0 aliphatic rings. The number of hydrogen-bond acceptors (Lipinski definition) is 3. The van der Waals surface area contributed by atoms with Crippen LogP contribution >= 0.6 is 34.8 Å². The van der Waals surface area contributed by atoms with Gasteiger partial charge in [-0.3, -0.25) is 0 Å². The van der Waals surface area contributed by atoms with Gasteiger partial charge in [-0.05, 0) is 18.2 Å². The van der Waals surface area contributed by atoms with Crippen molar-refractivity contribution in [3.8, 4) is 17.1 Å². The average molecular weight is 308 g/mol. The van der Waals surface area contributed by atoms with Crippen molar-refractivity contribution in [3.05, 3.63) is 39.3 Å². The van der Waals surface area contributed by atoms with Gasteiger partial charge in [0.15, 0.2) is 21.9 Å². The van der Waals surface area contributed by atoms with Crippen molar-refractivity contribution in [2.24, 2.45) is 0 Å². The van der Waals surface area contributed by atoms with Crippen molar-refractivity contribution in [1.29, 1.82) is 0 Å². The zero-order chi connectivity index (χ0) is 13.3. The van der Waals surface area contributed by atoms with Gasteiger partial charge < -0.3 is 4.74 Å². The fraction of sp³-hybridized carbons (Fsp3) is 0.0909. The van der Waals surface area contributed by atoms with E-state index < -0.39 is 5.82 Å². The summed E-state index contributed by atoms with van der Waals surface area (Å²) in [4.78, 5) is 7.63. The molecule has 0 aliphatic heterocycles. The molecule has 0 fully saturated rings.